The van der Waals surface area contributed by atoms with Crippen LogP contribution in [0.3, 0.4) is 0 Å². The molecule has 1 amide bonds. The van der Waals surface area contributed by atoms with Gasteiger partial charge in [0.15, 0.2) is 0 Å². The van der Waals surface area contributed by atoms with E-state index in [9.17, 15) is 4.79 Å². The van der Waals surface area contributed by atoms with E-state index in [1.807, 2.05) is 42.2 Å². The standard InChI is InChI=1S/C28H34N4O/c1-4-26-25(19-24-13-11-21(2)12-14-24)28(30-22(3)29-26)32-16-8-15-31(17-18-32)27(33)20-23-9-6-5-7-10-23/h5-7,9-14H,4,8,15-20H2,1-3H3. The number of aromatic nitrogens is 2. The van der Waals surface area contributed by atoms with Gasteiger partial charge in [0.05, 0.1) is 6.42 Å². The fourth-order valence-corrected chi connectivity index (χ4v) is 4.54. The molecule has 5 heteroatoms. The highest BCUT2D eigenvalue weighted by Gasteiger charge is 2.23. The SMILES string of the molecule is CCc1nc(C)nc(N2CCCN(C(=O)Cc3ccccc3)CC2)c1Cc1ccc(C)cc1. The van der Waals surface area contributed by atoms with Gasteiger partial charge < -0.3 is 9.80 Å². The normalized spacial score (nSPS) is 14.3. The number of rotatable bonds is 6. The van der Waals surface area contributed by atoms with Crippen LogP contribution in [0.2, 0.25) is 0 Å². The molecular formula is C28H34N4O. The molecule has 2 aromatic carbocycles. The van der Waals surface area contributed by atoms with E-state index in [-0.39, 0.29) is 5.91 Å². The zero-order valence-electron chi connectivity index (χ0n) is 20.1. The largest absolute Gasteiger partial charge is 0.354 e. The van der Waals surface area contributed by atoms with Crippen LogP contribution in [0.4, 0.5) is 5.82 Å². The summed E-state index contributed by atoms with van der Waals surface area (Å²) in [4.78, 5) is 27.0. The first-order valence-corrected chi connectivity index (χ1v) is 12.0. The van der Waals surface area contributed by atoms with Gasteiger partial charge in [-0.25, -0.2) is 9.97 Å². The minimum atomic E-state index is 0.205. The van der Waals surface area contributed by atoms with Crippen LogP contribution in [0.5, 0.6) is 0 Å². The van der Waals surface area contributed by atoms with E-state index in [4.69, 9.17) is 9.97 Å². The van der Waals surface area contributed by atoms with Crippen molar-refractivity contribution in [3.63, 3.8) is 0 Å². The lowest BCUT2D eigenvalue weighted by Crippen LogP contribution is -2.36. The first-order chi connectivity index (χ1) is 16.0. The molecule has 1 aliphatic rings. The zero-order valence-corrected chi connectivity index (χ0v) is 20.1. The Hall–Kier alpha value is -3.21. The van der Waals surface area contributed by atoms with Crippen molar-refractivity contribution in [3.05, 3.63) is 88.4 Å². The van der Waals surface area contributed by atoms with Crippen LogP contribution in [-0.4, -0.2) is 47.0 Å². The van der Waals surface area contributed by atoms with Gasteiger partial charge in [0.25, 0.3) is 0 Å². The van der Waals surface area contributed by atoms with Gasteiger partial charge in [-0.15, -0.1) is 0 Å². The van der Waals surface area contributed by atoms with Gasteiger partial charge in [-0.3, -0.25) is 4.79 Å². The number of anilines is 1. The molecule has 0 bridgehead atoms. The van der Waals surface area contributed by atoms with Gasteiger partial charge >= 0.3 is 0 Å². The van der Waals surface area contributed by atoms with Crippen molar-refractivity contribution in [3.8, 4) is 0 Å². The van der Waals surface area contributed by atoms with Crippen molar-refractivity contribution in [2.75, 3.05) is 31.1 Å². The monoisotopic (exact) mass is 442 g/mol. The number of amides is 1. The average Bonchev–Trinajstić information content (AvgIpc) is 3.08. The van der Waals surface area contributed by atoms with E-state index in [0.29, 0.717) is 6.42 Å². The first kappa shape index (κ1) is 23.0. The molecule has 1 aliphatic heterocycles. The van der Waals surface area contributed by atoms with Gasteiger partial charge in [-0.1, -0.05) is 67.1 Å². The van der Waals surface area contributed by atoms with Crippen molar-refractivity contribution in [1.29, 1.82) is 0 Å². The zero-order chi connectivity index (χ0) is 23.2. The summed E-state index contributed by atoms with van der Waals surface area (Å²) in [7, 11) is 0. The Balaban J connectivity index is 1.53. The van der Waals surface area contributed by atoms with Gasteiger partial charge in [0.1, 0.15) is 11.6 Å². The minimum absolute atomic E-state index is 0.205. The first-order valence-electron chi connectivity index (χ1n) is 12.0. The molecule has 0 radical (unpaired) electrons. The molecule has 0 spiro atoms. The minimum Gasteiger partial charge on any atom is -0.354 e. The predicted molar refractivity (Wildman–Crippen MR) is 134 cm³/mol. The van der Waals surface area contributed by atoms with Crippen LogP contribution in [0.1, 0.15) is 47.1 Å². The van der Waals surface area contributed by atoms with Crippen LogP contribution in [0.15, 0.2) is 54.6 Å². The Kier molecular flexibility index (Phi) is 7.38. The van der Waals surface area contributed by atoms with Gasteiger partial charge in [0, 0.05) is 43.9 Å². The third-order valence-corrected chi connectivity index (χ3v) is 6.37. The highest BCUT2D eigenvalue weighted by Crippen LogP contribution is 2.26. The topological polar surface area (TPSA) is 49.3 Å². The molecule has 5 nitrogen and oxygen atoms in total. The summed E-state index contributed by atoms with van der Waals surface area (Å²) in [5, 5.41) is 0. The fraction of sp³-hybridized carbons (Fsp3) is 0.393. The van der Waals surface area contributed by atoms with E-state index in [1.165, 1.54) is 16.7 Å². The number of carbonyl (C=O) groups excluding carboxylic acids is 1. The number of aryl methyl sites for hydroxylation is 3. The molecule has 0 atom stereocenters. The van der Waals surface area contributed by atoms with Crippen molar-refractivity contribution in [2.45, 2.75) is 46.5 Å². The lowest BCUT2D eigenvalue weighted by atomic mass is 10.0. The van der Waals surface area contributed by atoms with E-state index >= 15 is 0 Å². The lowest BCUT2D eigenvalue weighted by Gasteiger charge is -2.26. The second kappa shape index (κ2) is 10.6. The summed E-state index contributed by atoms with van der Waals surface area (Å²) in [6.45, 7) is 9.46. The Morgan fingerprint density at radius 2 is 1.64 bits per heavy atom. The van der Waals surface area contributed by atoms with Crippen molar-refractivity contribution in [1.82, 2.24) is 14.9 Å². The Morgan fingerprint density at radius 3 is 2.36 bits per heavy atom. The molecule has 1 aromatic heterocycles. The smallest absolute Gasteiger partial charge is 0.227 e. The number of carbonyl (C=O) groups is 1. The van der Waals surface area contributed by atoms with Crippen LogP contribution in [0.25, 0.3) is 0 Å². The van der Waals surface area contributed by atoms with E-state index < -0.39 is 0 Å². The van der Waals surface area contributed by atoms with Crippen molar-refractivity contribution in [2.24, 2.45) is 0 Å². The summed E-state index contributed by atoms with van der Waals surface area (Å²) in [5.41, 5.74) is 5.96. The van der Waals surface area contributed by atoms with Crippen LogP contribution in [-0.2, 0) is 24.1 Å². The Bertz CT molecular complexity index is 1080. The molecule has 1 saturated heterocycles. The number of benzene rings is 2. The summed E-state index contributed by atoms with van der Waals surface area (Å²) in [6, 6.07) is 18.7. The second-order valence-corrected chi connectivity index (χ2v) is 8.92. The van der Waals surface area contributed by atoms with Crippen molar-refractivity contribution >= 4 is 11.7 Å². The van der Waals surface area contributed by atoms with Gasteiger partial charge in [-0.05, 0) is 37.8 Å². The Labute approximate surface area is 197 Å². The average molecular weight is 443 g/mol. The number of nitrogens with zero attached hydrogens (tertiary/aromatic N) is 4. The van der Waals surface area contributed by atoms with E-state index in [1.54, 1.807) is 0 Å². The maximum absolute atomic E-state index is 12.9. The molecule has 1 fully saturated rings. The van der Waals surface area contributed by atoms with E-state index in [0.717, 1.165) is 68.3 Å². The van der Waals surface area contributed by atoms with Crippen LogP contribution >= 0.6 is 0 Å². The second-order valence-electron chi connectivity index (χ2n) is 8.92. The molecule has 2 heterocycles. The molecule has 0 saturated carbocycles. The predicted octanol–water partition coefficient (Wildman–Crippen LogP) is 4.53. The van der Waals surface area contributed by atoms with Crippen molar-refractivity contribution < 1.29 is 4.79 Å². The maximum atomic E-state index is 12.9. The third-order valence-electron chi connectivity index (χ3n) is 6.37. The van der Waals surface area contributed by atoms with Crippen LogP contribution in [0, 0.1) is 13.8 Å². The molecule has 0 N–H and O–H groups in total. The fourth-order valence-electron chi connectivity index (χ4n) is 4.54. The van der Waals surface area contributed by atoms with Gasteiger partial charge in [0.2, 0.25) is 5.91 Å². The third kappa shape index (κ3) is 5.78. The number of hydrogen-bond donors (Lipinski definition) is 0. The highest BCUT2D eigenvalue weighted by atomic mass is 16.2. The lowest BCUT2D eigenvalue weighted by molar-refractivity contribution is -0.130. The molecule has 172 valence electrons. The van der Waals surface area contributed by atoms with E-state index in [2.05, 4.69) is 43.0 Å². The maximum Gasteiger partial charge on any atom is 0.227 e. The molecular weight excluding hydrogens is 408 g/mol. The summed E-state index contributed by atoms with van der Waals surface area (Å²) in [6.07, 6.45) is 3.11. The molecule has 3 aromatic rings. The van der Waals surface area contributed by atoms with Crippen LogP contribution < -0.4 is 4.90 Å². The molecule has 0 unspecified atom stereocenters. The van der Waals surface area contributed by atoms with Gasteiger partial charge in [-0.2, -0.15) is 0 Å². The summed E-state index contributed by atoms with van der Waals surface area (Å²) in [5.74, 6) is 2.06. The Morgan fingerprint density at radius 1 is 0.879 bits per heavy atom. The summed E-state index contributed by atoms with van der Waals surface area (Å²) >= 11 is 0. The number of hydrogen-bond acceptors (Lipinski definition) is 4. The summed E-state index contributed by atoms with van der Waals surface area (Å²) < 4.78 is 0. The molecule has 0 aliphatic carbocycles. The highest BCUT2D eigenvalue weighted by molar-refractivity contribution is 5.78. The molecule has 33 heavy (non-hydrogen) atoms. The quantitative estimate of drug-likeness (QED) is 0.563. The molecule has 4 rings (SSSR count).